The minimum Gasteiger partial charge on any atom is -0.480 e. The van der Waals surface area contributed by atoms with Crippen LogP contribution in [0.5, 0.6) is 0 Å². The summed E-state index contributed by atoms with van der Waals surface area (Å²) in [6, 6.07) is 0. The highest BCUT2D eigenvalue weighted by Gasteiger charge is 2.02. The summed E-state index contributed by atoms with van der Waals surface area (Å²) >= 11 is 0. The molecule has 0 aliphatic carbocycles. The van der Waals surface area contributed by atoms with E-state index in [0.717, 1.165) is 0 Å². The van der Waals surface area contributed by atoms with Gasteiger partial charge in [0.1, 0.15) is 13.2 Å². The lowest BCUT2D eigenvalue weighted by Crippen LogP contribution is -2.15. The fraction of sp³-hybridized carbons (Fsp3) is 0.778. The Hall–Kier alpha value is -1.18. The van der Waals surface area contributed by atoms with Gasteiger partial charge in [0.05, 0.1) is 6.10 Å². The van der Waals surface area contributed by atoms with Crippen LogP contribution in [0.1, 0.15) is 13.8 Å². The molecule has 0 heterocycles. The van der Waals surface area contributed by atoms with Crippen molar-refractivity contribution in [1.82, 2.24) is 0 Å². The second-order valence-corrected chi connectivity index (χ2v) is 2.80. The lowest BCUT2D eigenvalue weighted by Gasteiger charge is -2.05. The first-order valence-corrected chi connectivity index (χ1v) is 4.33. The Morgan fingerprint density at radius 3 is 1.75 bits per heavy atom. The molecule has 3 N–H and O–H groups in total. The second-order valence-electron chi connectivity index (χ2n) is 2.80. The summed E-state index contributed by atoms with van der Waals surface area (Å²) in [6.07, 6.45) is -0.0485. The molecule has 0 rings (SSSR count). The van der Waals surface area contributed by atoms with Crippen LogP contribution in [0.4, 0.5) is 0 Å². The molecule has 0 atom stereocenters. The number of carboxylic acid groups (broad SMARTS) is 1. The van der Waals surface area contributed by atoms with Crippen molar-refractivity contribution >= 4 is 11.9 Å². The number of aliphatic carboxylic acids is 1. The Bertz CT molecular complexity index is 179. The molecule has 0 aromatic heterocycles. The molecule has 0 saturated heterocycles. The topological polar surface area (TPSA) is 114 Å². The van der Waals surface area contributed by atoms with E-state index in [1.165, 1.54) is 14.2 Å². The molecule has 0 bridgehead atoms. The second kappa shape index (κ2) is 13.8. The van der Waals surface area contributed by atoms with Gasteiger partial charge in [-0.25, -0.2) is 9.59 Å². The number of carbonyl (C=O) groups is 2. The molecular formula is C9H20O7. The standard InChI is InChI=1S/C6H12O3.C3H6O3.H2O/c1-5(2)9-6(7)4-8-3;1-6-2-3(4)5;/h5H,4H2,1-3H3;2H2,1H3,(H,4,5);1H2. The molecule has 98 valence electrons. The molecule has 0 radical (unpaired) electrons. The average Bonchev–Trinajstić information content (AvgIpc) is 2.03. The molecule has 0 unspecified atom stereocenters. The van der Waals surface area contributed by atoms with E-state index in [2.05, 4.69) is 9.47 Å². The van der Waals surface area contributed by atoms with Crippen molar-refractivity contribution in [2.45, 2.75) is 20.0 Å². The number of hydrogen-bond donors (Lipinski definition) is 1. The lowest BCUT2D eigenvalue weighted by molar-refractivity contribution is -0.151. The quantitative estimate of drug-likeness (QED) is 0.646. The van der Waals surface area contributed by atoms with E-state index in [-0.39, 0.29) is 30.8 Å². The van der Waals surface area contributed by atoms with E-state index in [9.17, 15) is 9.59 Å². The summed E-state index contributed by atoms with van der Waals surface area (Å²) in [5, 5.41) is 7.79. The predicted molar refractivity (Wildman–Crippen MR) is 56.2 cm³/mol. The first-order valence-electron chi connectivity index (χ1n) is 4.33. The van der Waals surface area contributed by atoms with Crippen LogP contribution in [-0.4, -0.2) is 56.1 Å². The number of rotatable bonds is 5. The number of carboxylic acids is 1. The largest absolute Gasteiger partial charge is 0.480 e. The summed E-state index contributed by atoms with van der Waals surface area (Å²) in [7, 11) is 2.80. The number of methoxy groups -OCH3 is 2. The van der Waals surface area contributed by atoms with Crippen LogP contribution < -0.4 is 0 Å². The fourth-order valence-corrected chi connectivity index (χ4v) is 0.538. The van der Waals surface area contributed by atoms with Crippen LogP contribution in [0.2, 0.25) is 0 Å². The highest BCUT2D eigenvalue weighted by Crippen LogP contribution is 1.87. The predicted octanol–water partition coefficient (Wildman–Crippen LogP) is -0.523. The van der Waals surface area contributed by atoms with Gasteiger partial charge < -0.3 is 24.8 Å². The van der Waals surface area contributed by atoms with Gasteiger partial charge in [0.15, 0.2) is 0 Å². The summed E-state index contributed by atoms with van der Waals surface area (Å²) in [4.78, 5) is 20.0. The molecule has 0 aliphatic rings. The van der Waals surface area contributed by atoms with E-state index in [1.807, 2.05) is 0 Å². The third kappa shape index (κ3) is 23.0. The van der Waals surface area contributed by atoms with E-state index in [1.54, 1.807) is 13.8 Å². The molecule has 7 nitrogen and oxygen atoms in total. The first-order chi connectivity index (χ1) is 6.93. The maximum absolute atomic E-state index is 10.5. The zero-order valence-electron chi connectivity index (χ0n) is 9.98. The fourth-order valence-electron chi connectivity index (χ4n) is 0.538. The monoisotopic (exact) mass is 240 g/mol. The molecule has 0 amide bonds. The number of ether oxygens (including phenoxy) is 3. The van der Waals surface area contributed by atoms with Crippen LogP contribution in [0.3, 0.4) is 0 Å². The van der Waals surface area contributed by atoms with Gasteiger partial charge >= 0.3 is 11.9 Å². The minimum absolute atomic E-state index is 0. The van der Waals surface area contributed by atoms with Gasteiger partial charge in [-0.15, -0.1) is 0 Å². The van der Waals surface area contributed by atoms with Crippen molar-refractivity contribution in [2.75, 3.05) is 27.4 Å². The van der Waals surface area contributed by atoms with Crippen molar-refractivity contribution in [3.05, 3.63) is 0 Å². The zero-order chi connectivity index (χ0) is 12.3. The summed E-state index contributed by atoms with van der Waals surface area (Å²) in [6.45, 7) is 3.43. The third-order valence-electron chi connectivity index (χ3n) is 0.897. The van der Waals surface area contributed by atoms with Gasteiger partial charge in [0.25, 0.3) is 0 Å². The normalized spacial score (nSPS) is 8.56. The van der Waals surface area contributed by atoms with Crippen LogP contribution in [0.25, 0.3) is 0 Å². The molecule has 0 aromatic carbocycles. The summed E-state index contributed by atoms with van der Waals surface area (Å²) in [5.41, 5.74) is 0. The van der Waals surface area contributed by atoms with E-state index in [4.69, 9.17) is 9.84 Å². The highest BCUT2D eigenvalue weighted by molar-refractivity contribution is 5.70. The summed E-state index contributed by atoms with van der Waals surface area (Å²) in [5.74, 6) is -1.25. The Morgan fingerprint density at radius 1 is 1.12 bits per heavy atom. The van der Waals surface area contributed by atoms with Gasteiger partial charge in [-0.2, -0.15) is 0 Å². The lowest BCUT2D eigenvalue weighted by atomic mass is 10.5. The maximum Gasteiger partial charge on any atom is 0.332 e. The molecular weight excluding hydrogens is 220 g/mol. The molecule has 0 saturated carbocycles. The van der Waals surface area contributed by atoms with Crippen molar-refractivity contribution in [2.24, 2.45) is 0 Å². The van der Waals surface area contributed by atoms with Crippen molar-refractivity contribution in [1.29, 1.82) is 0 Å². The number of esters is 1. The summed E-state index contributed by atoms with van der Waals surface area (Å²) < 4.78 is 13.5. The Kier molecular flexibility index (Phi) is 17.5. The van der Waals surface area contributed by atoms with Crippen LogP contribution in [-0.2, 0) is 23.8 Å². The molecule has 0 aromatic rings. The molecule has 0 aliphatic heterocycles. The maximum atomic E-state index is 10.5. The Labute approximate surface area is 94.6 Å². The smallest absolute Gasteiger partial charge is 0.332 e. The van der Waals surface area contributed by atoms with E-state index < -0.39 is 5.97 Å². The average molecular weight is 240 g/mol. The zero-order valence-corrected chi connectivity index (χ0v) is 9.98. The van der Waals surface area contributed by atoms with Gasteiger partial charge in [0, 0.05) is 14.2 Å². The van der Waals surface area contributed by atoms with Crippen molar-refractivity contribution in [3.63, 3.8) is 0 Å². The van der Waals surface area contributed by atoms with Gasteiger partial charge in [-0.05, 0) is 13.8 Å². The van der Waals surface area contributed by atoms with Crippen LogP contribution >= 0.6 is 0 Å². The molecule has 0 spiro atoms. The van der Waals surface area contributed by atoms with Crippen LogP contribution in [0.15, 0.2) is 0 Å². The van der Waals surface area contributed by atoms with E-state index in [0.29, 0.717) is 0 Å². The first kappa shape index (κ1) is 20.3. The van der Waals surface area contributed by atoms with Crippen molar-refractivity contribution < 1.29 is 34.4 Å². The van der Waals surface area contributed by atoms with E-state index >= 15 is 0 Å². The van der Waals surface area contributed by atoms with Gasteiger partial charge in [-0.1, -0.05) is 0 Å². The SMILES string of the molecule is COCC(=O)O.COCC(=O)OC(C)C.O. The highest BCUT2D eigenvalue weighted by atomic mass is 16.6. The molecule has 7 heteroatoms. The third-order valence-corrected chi connectivity index (χ3v) is 0.897. The van der Waals surface area contributed by atoms with Gasteiger partial charge in [-0.3, -0.25) is 0 Å². The number of hydrogen-bond acceptors (Lipinski definition) is 5. The molecule has 0 fully saturated rings. The number of carbonyl (C=O) groups excluding carboxylic acids is 1. The van der Waals surface area contributed by atoms with Crippen LogP contribution in [0, 0.1) is 0 Å². The van der Waals surface area contributed by atoms with Gasteiger partial charge in [0.2, 0.25) is 0 Å². The minimum atomic E-state index is -0.933. The Balaban J connectivity index is -0.000000214. The van der Waals surface area contributed by atoms with Crippen molar-refractivity contribution in [3.8, 4) is 0 Å². The Morgan fingerprint density at radius 2 is 1.56 bits per heavy atom. The molecule has 16 heavy (non-hydrogen) atoms.